The first-order valence-electron chi connectivity index (χ1n) is 11.8. The van der Waals surface area contributed by atoms with Crippen LogP contribution in [0.25, 0.3) is 11.2 Å². The van der Waals surface area contributed by atoms with Gasteiger partial charge in [0.15, 0.2) is 11.2 Å². The molecule has 1 aliphatic heterocycles. The van der Waals surface area contributed by atoms with Crippen LogP contribution in [0.15, 0.2) is 52.1 Å². The molecule has 4 aromatic rings. The van der Waals surface area contributed by atoms with Crippen LogP contribution in [-0.2, 0) is 20.1 Å². The van der Waals surface area contributed by atoms with Crippen molar-refractivity contribution in [1.29, 1.82) is 0 Å². The number of benzene rings is 2. The smallest absolute Gasteiger partial charge is 0.329 e. The van der Waals surface area contributed by atoms with Crippen LogP contribution in [0.5, 0.6) is 0 Å². The lowest BCUT2D eigenvalue weighted by Crippen LogP contribution is -2.47. The number of halogens is 1. The zero-order chi connectivity index (χ0) is 24.7. The summed E-state index contributed by atoms with van der Waals surface area (Å²) in [7, 11) is 1.60. The monoisotopic (exact) mass is 476 g/mol. The Labute approximate surface area is 202 Å². The Bertz CT molecular complexity index is 1490. The maximum atomic E-state index is 13.5. The fourth-order valence-electron chi connectivity index (χ4n) is 4.70. The van der Waals surface area contributed by atoms with Crippen molar-refractivity contribution in [1.82, 2.24) is 24.0 Å². The molecule has 1 saturated heterocycles. The highest BCUT2D eigenvalue weighted by atomic mass is 19.1. The highest BCUT2D eigenvalue weighted by molar-refractivity contribution is 5.74. The van der Waals surface area contributed by atoms with Crippen molar-refractivity contribution in [3.8, 4) is 0 Å². The Hall–Kier alpha value is -3.72. The number of nitrogens with one attached hydrogen (secondary N) is 1. The van der Waals surface area contributed by atoms with Crippen LogP contribution >= 0.6 is 0 Å². The maximum absolute atomic E-state index is 13.5. The molecule has 182 valence electrons. The van der Waals surface area contributed by atoms with E-state index in [2.05, 4.69) is 46.8 Å². The van der Waals surface area contributed by atoms with Gasteiger partial charge in [0.25, 0.3) is 5.56 Å². The average molecular weight is 477 g/mol. The van der Waals surface area contributed by atoms with E-state index in [9.17, 15) is 14.0 Å². The van der Waals surface area contributed by atoms with Gasteiger partial charge in [-0.2, -0.15) is 4.98 Å². The van der Waals surface area contributed by atoms with E-state index >= 15 is 0 Å². The molecule has 0 aliphatic carbocycles. The van der Waals surface area contributed by atoms with Gasteiger partial charge in [0.2, 0.25) is 5.95 Å². The number of piperazine rings is 1. The number of anilines is 1. The highest BCUT2D eigenvalue weighted by Crippen LogP contribution is 2.23. The molecule has 2 aromatic heterocycles. The molecule has 2 aromatic carbocycles. The Morgan fingerprint density at radius 3 is 2.40 bits per heavy atom. The Morgan fingerprint density at radius 2 is 1.69 bits per heavy atom. The Balaban J connectivity index is 1.46. The first kappa shape index (κ1) is 23.0. The molecule has 1 N–H and O–H groups in total. The number of aromatic amines is 1. The van der Waals surface area contributed by atoms with Crippen molar-refractivity contribution in [2.45, 2.75) is 26.9 Å². The molecule has 1 aliphatic rings. The van der Waals surface area contributed by atoms with Crippen molar-refractivity contribution >= 4 is 17.1 Å². The van der Waals surface area contributed by atoms with Gasteiger partial charge in [0, 0.05) is 39.8 Å². The largest absolute Gasteiger partial charge is 0.340 e. The molecule has 0 radical (unpaired) electrons. The molecule has 0 spiro atoms. The standard InChI is InChI=1S/C26H29FN6O2/c1-17-4-5-18(2)20(14-17)16-31-10-12-32(13-11-31)25-28-23-22(24(34)29-26(35)30(23)3)33(25)15-19-6-8-21(27)9-7-19/h4-9,14H,10-13,15-16H2,1-3H3,(H,29,34,35). The maximum Gasteiger partial charge on any atom is 0.329 e. The van der Waals surface area contributed by atoms with Gasteiger partial charge in [0.1, 0.15) is 5.82 Å². The van der Waals surface area contributed by atoms with E-state index in [0.29, 0.717) is 23.7 Å². The van der Waals surface area contributed by atoms with E-state index in [1.54, 1.807) is 19.2 Å². The van der Waals surface area contributed by atoms with Gasteiger partial charge in [0.05, 0.1) is 6.54 Å². The van der Waals surface area contributed by atoms with Crippen LogP contribution in [0, 0.1) is 19.7 Å². The summed E-state index contributed by atoms with van der Waals surface area (Å²) in [5, 5.41) is 0. The van der Waals surface area contributed by atoms with E-state index in [0.717, 1.165) is 38.3 Å². The lowest BCUT2D eigenvalue weighted by Gasteiger charge is -2.35. The minimum Gasteiger partial charge on any atom is -0.340 e. The summed E-state index contributed by atoms with van der Waals surface area (Å²) in [6, 6.07) is 12.8. The number of fused-ring (bicyclic) bond motifs is 1. The fourth-order valence-corrected chi connectivity index (χ4v) is 4.70. The van der Waals surface area contributed by atoms with Crippen LogP contribution in [0.4, 0.5) is 10.3 Å². The van der Waals surface area contributed by atoms with Crippen LogP contribution in [0.3, 0.4) is 0 Å². The number of aromatic nitrogens is 4. The van der Waals surface area contributed by atoms with Crippen LogP contribution in [0.1, 0.15) is 22.3 Å². The van der Waals surface area contributed by atoms with Crippen molar-refractivity contribution in [3.63, 3.8) is 0 Å². The minimum absolute atomic E-state index is 0.315. The normalized spacial score (nSPS) is 14.7. The summed E-state index contributed by atoms with van der Waals surface area (Å²) in [5.74, 6) is 0.326. The quantitative estimate of drug-likeness (QED) is 0.479. The van der Waals surface area contributed by atoms with Crippen LogP contribution in [0.2, 0.25) is 0 Å². The van der Waals surface area contributed by atoms with Gasteiger partial charge in [-0.05, 0) is 42.7 Å². The topological polar surface area (TPSA) is 79.2 Å². The number of aryl methyl sites for hydroxylation is 3. The average Bonchev–Trinajstić information content (AvgIpc) is 3.22. The zero-order valence-corrected chi connectivity index (χ0v) is 20.2. The molecule has 9 heteroatoms. The summed E-state index contributed by atoms with van der Waals surface area (Å²) in [4.78, 5) is 36.7. The summed E-state index contributed by atoms with van der Waals surface area (Å²) >= 11 is 0. The molecule has 0 unspecified atom stereocenters. The predicted octanol–water partition coefficient (Wildman–Crippen LogP) is 2.55. The molecule has 0 saturated carbocycles. The third-order valence-electron chi connectivity index (χ3n) is 6.79. The number of nitrogens with zero attached hydrogens (tertiary/aromatic N) is 5. The van der Waals surface area contributed by atoms with Crippen LogP contribution in [-0.4, -0.2) is 50.2 Å². The second kappa shape index (κ2) is 9.14. The lowest BCUT2D eigenvalue weighted by molar-refractivity contribution is 0.248. The van der Waals surface area contributed by atoms with Crippen molar-refractivity contribution in [2.24, 2.45) is 7.05 Å². The van der Waals surface area contributed by atoms with E-state index in [-0.39, 0.29) is 5.82 Å². The van der Waals surface area contributed by atoms with E-state index in [4.69, 9.17) is 4.98 Å². The lowest BCUT2D eigenvalue weighted by atomic mass is 10.0. The highest BCUT2D eigenvalue weighted by Gasteiger charge is 2.25. The van der Waals surface area contributed by atoms with E-state index < -0.39 is 11.2 Å². The molecule has 0 bridgehead atoms. The summed E-state index contributed by atoms with van der Waals surface area (Å²) in [5.41, 5.74) is 4.43. The van der Waals surface area contributed by atoms with Crippen molar-refractivity contribution < 1.29 is 4.39 Å². The first-order valence-corrected chi connectivity index (χ1v) is 11.8. The molecule has 1 fully saturated rings. The van der Waals surface area contributed by atoms with E-state index in [1.165, 1.54) is 33.4 Å². The molecular weight excluding hydrogens is 447 g/mol. The molecule has 0 atom stereocenters. The molecule has 0 amide bonds. The second-order valence-electron chi connectivity index (χ2n) is 9.31. The molecule has 3 heterocycles. The van der Waals surface area contributed by atoms with Gasteiger partial charge in [-0.25, -0.2) is 9.18 Å². The summed E-state index contributed by atoms with van der Waals surface area (Å²) in [6.45, 7) is 8.67. The number of hydrogen-bond donors (Lipinski definition) is 1. The number of rotatable bonds is 5. The minimum atomic E-state index is -0.501. The van der Waals surface area contributed by atoms with Gasteiger partial charge in [-0.15, -0.1) is 0 Å². The Kier molecular flexibility index (Phi) is 6.02. The summed E-state index contributed by atoms with van der Waals surface area (Å²) in [6.07, 6.45) is 0. The Morgan fingerprint density at radius 1 is 0.971 bits per heavy atom. The molecule has 8 nitrogen and oxygen atoms in total. The van der Waals surface area contributed by atoms with Crippen LogP contribution < -0.4 is 16.1 Å². The van der Waals surface area contributed by atoms with Gasteiger partial charge in [-0.1, -0.05) is 35.9 Å². The first-order chi connectivity index (χ1) is 16.8. The number of H-pyrrole nitrogens is 1. The SMILES string of the molecule is Cc1ccc(C)c(CN2CCN(c3nc4c(c(=O)[nH]c(=O)n4C)n3Cc3ccc(F)cc3)CC2)c1. The van der Waals surface area contributed by atoms with E-state index in [1.807, 2.05) is 4.57 Å². The fraction of sp³-hybridized carbons (Fsp3) is 0.346. The molecule has 5 rings (SSSR count). The molecule has 35 heavy (non-hydrogen) atoms. The van der Waals surface area contributed by atoms with Gasteiger partial charge >= 0.3 is 5.69 Å². The second-order valence-corrected chi connectivity index (χ2v) is 9.31. The van der Waals surface area contributed by atoms with Gasteiger partial charge in [-0.3, -0.25) is 23.8 Å². The number of hydrogen-bond acceptors (Lipinski definition) is 5. The third kappa shape index (κ3) is 4.51. The summed E-state index contributed by atoms with van der Waals surface area (Å²) < 4.78 is 16.7. The zero-order valence-electron chi connectivity index (χ0n) is 20.2. The van der Waals surface area contributed by atoms with Crippen molar-refractivity contribution in [2.75, 3.05) is 31.1 Å². The predicted molar refractivity (Wildman–Crippen MR) is 135 cm³/mol. The van der Waals surface area contributed by atoms with Gasteiger partial charge < -0.3 is 4.90 Å². The molecular formula is C26H29FN6O2. The number of imidazole rings is 1. The third-order valence-corrected chi connectivity index (χ3v) is 6.79. The van der Waals surface area contributed by atoms with Crippen molar-refractivity contribution in [3.05, 3.63) is 91.4 Å².